The first-order valence-electron chi connectivity index (χ1n) is 14.5. The molecule has 2 unspecified atom stereocenters. The summed E-state index contributed by atoms with van der Waals surface area (Å²) in [5.74, 6) is -1.74. The van der Waals surface area contributed by atoms with Gasteiger partial charge in [-0.05, 0) is 61.1 Å². The average molecular weight is 603 g/mol. The molecule has 3 amide bonds. The fourth-order valence-corrected chi connectivity index (χ4v) is 7.10. The number of aliphatic hydroxyl groups excluding tert-OH is 2. The molecule has 1 saturated heterocycles. The Hall–Kier alpha value is -3.73. The molecule has 0 bridgehead atoms. The molecule has 1 aromatic heterocycles. The highest BCUT2D eigenvalue weighted by molar-refractivity contribution is 8.00. The van der Waals surface area contributed by atoms with Gasteiger partial charge in [0, 0.05) is 36.0 Å². The number of amides is 3. The first-order valence-corrected chi connectivity index (χ1v) is 15.5. The second kappa shape index (κ2) is 13.3. The Balaban J connectivity index is 1.30. The molecule has 10 heteroatoms. The Bertz CT molecular complexity index is 1440. The quantitative estimate of drug-likeness (QED) is 0.281. The number of hydrogen-bond acceptors (Lipinski definition) is 7. The van der Waals surface area contributed by atoms with Gasteiger partial charge in [0.2, 0.25) is 11.8 Å². The van der Waals surface area contributed by atoms with E-state index in [1.54, 1.807) is 12.4 Å². The van der Waals surface area contributed by atoms with E-state index in [1.165, 1.54) is 16.7 Å². The van der Waals surface area contributed by atoms with Crippen molar-refractivity contribution in [2.75, 3.05) is 5.88 Å². The Morgan fingerprint density at radius 1 is 1.02 bits per heavy atom. The van der Waals surface area contributed by atoms with Gasteiger partial charge in [0.05, 0.1) is 18.0 Å². The molecule has 0 saturated carbocycles. The average Bonchev–Trinajstić information content (AvgIpc) is 3.50. The molecule has 2 aliphatic rings. The number of thioether (sulfide) groups is 1. The number of pyridine rings is 1. The molecule has 4 N–H and O–H groups in total. The van der Waals surface area contributed by atoms with Gasteiger partial charge in [0.15, 0.2) is 0 Å². The first kappa shape index (κ1) is 30.7. The highest BCUT2D eigenvalue weighted by atomic mass is 32.2. The molecule has 0 radical (unpaired) electrons. The minimum Gasteiger partial charge on any atom is -0.390 e. The van der Waals surface area contributed by atoms with Gasteiger partial charge in [0.25, 0.3) is 5.91 Å². The molecule has 2 heterocycles. The fraction of sp³-hybridized carbons (Fsp3) is 0.394. The Kier molecular flexibility index (Phi) is 9.49. The zero-order valence-corrected chi connectivity index (χ0v) is 25.2. The monoisotopic (exact) mass is 602 g/mol. The summed E-state index contributed by atoms with van der Waals surface area (Å²) < 4.78 is -0.579. The molecule has 0 spiro atoms. The van der Waals surface area contributed by atoms with Crippen molar-refractivity contribution in [1.82, 2.24) is 20.5 Å². The number of carbonyl (C=O) groups excluding carboxylic acids is 3. The SMILES string of the molecule is CC1(C)SCN(C(=O)C(O)C[C@H](Cc2ccccc2)C(=O)N[C@H]2c3ccccc3C[C@H]2O)C1C(=O)NCc1ccncc1. The molecular weight excluding hydrogens is 564 g/mol. The molecule has 3 aromatic rings. The van der Waals surface area contributed by atoms with Crippen molar-refractivity contribution in [3.05, 3.63) is 101 Å². The maximum Gasteiger partial charge on any atom is 0.252 e. The van der Waals surface area contributed by atoms with Crippen LogP contribution in [0.2, 0.25) is 0 Å². The topological polar surface area (TPSA) is 132 Å². The van der Waals surface area contributed by atoms with Crippen molar-refractivity contribution in [3.63, 3.8) is 0 Å². The number of hydrogen-bond donors (Lipinski definition) is 4. The van der Waals surface area contributed by atoms with Crippen LogP contribution in [0.4, 0.5) is 0 Å². The van der Waals surface area contributed by atoms with E-state index < -0.39 is 40.9 Å². The summed E-state index contributed by atoms with van der Waals surface area (Å²) in [5, 5.41) is 27.9. The van der Waals surface area contributed by atoms with Crippen LogP contribution < -0.4 is 10.6 Å². The second-order valence-electron chi connectivity index (χ2n) is 11.8. The van der Waals surface area contributed by atoms with Gasteiger partial charge in [-0.2, -0.15) is 0 Å². The maximum atomic E-state index is 13.7. The van der Waals surface area contributed by atoms with E-state index in [4.69, 9.17) is 0 Å². The smallest absolute Gasteiger partial charge is 0.252 e. The number of aliphatic hydroxyl groups is 2. The van der Waals surface area contributed by atoms with E-state index in [9.17, 15) is 24.6 Å². The molecule has 9 nitrogen and oxygen atoms in total. The molecule has 1 aliphatic carbocycles. The first-order chi connectivity index (χ1) is 20.6. The summed E-state index contributed by atoms with van der Waals surface area (Å²) in [5.41, 5.74) is 3.63. The third kappa shape index (κ3) is 7.09. The number of nitrogens with zero attached hydrogens (tertiary/aromatic N) is 2. The van der Waals surface area contributed by atoms with Crippen molar-refractivity contribution in [3.8, 4) is 0 Å². The van der Waals surface area contributed by atoms with Crippen LogP contribution in [0.1, 0.15) is 48.6 Å². The van der Waals surface area contributed by atoms with Gasteiger partial charge in [-0.25, -0.2) is 0 Å². The second-order valence-corrected chi connectivity index (χ2v) is 13.4. The number of nitrogens with one attached hydrogen (secondary N) is 2. The maximum absolute atomic E-state index is 13.7. The Labute approximate surface area is 256 Å². The van der Waals surface area contributed by atoms with E-state index >= 15 is 0 Å². The fourth-order valence-electron chi connectivity index (χ4n) is 5.96. The van der Waals surface area contributed by atoms with Crippen LogP contribution in [0.15, 0.2) is 79.1 Å². The largest absolute Gasteiger partial charge is 0.390 e. The minimum absolute atomic E-state index is 0.128. The lowest BCUT2D eigenvalue weighted by atomic mass is 9.91. The Morgan fingerprint density at radius 3 is 2.47 bits per heavy atom. The summed E-state index contributed by atoms with van der Waals surface area (Å²) in [7, 11) is 0. The zero-order valence-electron chi connectivity index (χ0n) is 24.3. The highest BCUT2D eigenvalue weighted by Crippen LogP contribution is 2.40. The zero-order chi connectivity index (χ0) is 30.6. The summed E-state index contributed by atoms with van der Waals surface area (Å²) in [6.45, 7) is 4.10. The summed E-state index contributed by atoms with van der Waals surface area (Å²) in [6, 6.07) is 19.3. The van der Waals surface area contributed by atoms with Crippen LogP contribution in [0, 0.1) is 5.92 Å². The molecular formula is C33H38N4O5S. The van der Waals surface area contributed by atoms with Crippen LogP contribution in [0.25, 0.3) is 0 Å². The van der Waals surface area contributed by atoms with E-state index in [0.29, 0.717) is 19.4 Å². The predicted molar refractivity (Wildman–Crippen MR) is 165 cm³/mol. The molecule has 226 valence electrons. The standard InChI is InChI=1S/C33H38N4O5S/c1-33(2)29(31(41)35-19-22-12-14-34-15-13-22)37(20-43-33)32(42)27(39)18-24(16-21-8-4-3-5-9-21)30(40)36-28-25-11-7-6-10-23(25)17-26(28)38/h3-15,24,26-29,38-39H,16-20H2,1-2H3,(H,35,41)(H,36,40)/t24-,26+,27?,28-,29?/m0/s1. The van der Waals surface area contributed by atoms with E-state index in [2.05, 4.69) is 15.6 Å². The summed E-state index contributed by atoms with van der Waals surface area (Å²) >= 11 is 1.47. The molecule has 2 aromatic carbocycles. The van der Waals surface area contributed by atoms with Gasteiger partial charge in [-0.3, -0.25) is 19.4 Å². The number of carbonyl (C=O) groups is 3. The summed E-state index contributed by atoms with van der Waals surface area (Å²) in [6.07, 6.45) is 1.66. The minimum atomic E-state index is -1.50. The van der Waals surface area contributed by atoms with Crippen molar-refractivity contribution in [2.24, 2.45) is 5.92 Å². The molecule has 1 aliphatic heterocycles. The normalized spacial score (nSPS) is 22.0. The molecule has 5 rings (SSSR count). The molecule has 5 atom stereocenters. The lowest BCUT2D eigenvalue weighted by Gasteiger charge is -2.32. The highest BCUT2D eigenvalue weighted by Gasteiger charge is 2.49. The van der Waals surface area contributed by atoms with Crippen LogP contribution in [-0.4, -0.2) is 66.7 Å². The van der Waals surface area contributed by atoms with Crippen LogP contribution in [0.3, 0.4) is 0 Å². The van der Waals surface area contributed by atoms with Crippen LogP contribution in [0.5, 0.6) is 0 Å². The summed E-state index contributed by atoms with van der Waals surface area (Å²) in [4.78, 5) is 46.2. The molecule has 1 fully saturated rings. The van der Waals surface area contributed by atoms with Crippen molar-refractivity contribution >= 4 is 29.5 Å². The predicted octanol–water partition coefficient (Wildman–Crippen LogP) is 2.76. The van der Waals surface area contributed by atoms with Gasteiger partial charge in [-0.15, -0.1) is 11.8 Å². The van der Waals surface area contributed by atoms with Gasteiger partial charge in [-0.1, -0.05) is 54.6 Å². The van der Waals surface area contributed by atoms with Gasteiger partial charge < -0.3 is 25.7 Å². The van der Waals surface area contributed by atoms with Crippen molar-refractivity contribution in [1.29, 1.82) is 0 Å². The van der Waals surface area contributed by atoms with Gasteiger partial charge in [0.1, 0.15) is 12.1 Å². The van der Waals surface area contributed by atoms with E-state index in [1.807, 2.05) is 80.6 Å². The van der Waals surface area contributed by atoms with E-state index in [0.717, 1.165) is 22.3 Å². The lowest BCUT2D eigenvalue weighted by Crippen LogP contribution is -2.55. The Morgan fingerprint density at radius 2 is 1.72 bits per heavy atom. The molecule has 43 heavy (non-hydrogen) atoms. The lowest BCUT2D eigenvalue weighted by molar-refractivity contribution is -0.147. The third-order valence-corrected chi connectivity index (χ3v) is 9.66. The van der Waals surface area contributed by atoms with Crippen molar-refractivity contribution < 1.29 is 24.6 Å². The third-order valence-electron chi connectivity index (χ3n) is 8.28. The van der Waals surface area contributed by atoms with Gasteiger partial charge >= 0.3 is 0 Å². The number of fused-ring (bicyclic) bond motifs is 1. The van der Waals surface area contributed by atoms with Crippen LogP contribution in [-0.2, 0) is 33.8 Å². The number of rotatable bonds is 10. The van der Waals surface area contributed by atoms with E-state index in [-0.39, 0.29) is 24.1 Å². The number of benzene rings is 2. The van der Waals surface area contributed by atoms with Crippen LogP contribution >= 0.6 is 11.8 Å². The number of aromatic nitrogens is 1. The van der Waals surface area contributed by atoms with Crippen molar-refractivity contribution in [2.45, 2.75) is 68.7 Å².